The van der Waals surface area contributed by atoms with Crippen LogP contribution in [0.15, 0.2) is 6.20 Å². The lowest BCUT2D eigenvalue weighted by molar-refractivity contribution is -0.136. The highest BCUT2D eigenvalue weighted by atomic mass is 16.2. The van der Waals surface area contributed by atoms with Crippen LogP contribution in [-0.2, 0) is 27.5 Å². The molecule has 1 fully saturated rings. The lowest BCUT2D eigenvalue weighted by atomic mass is 10.4. The van der Waals surface area contributed by atoms with E-state index in [2.05, 4.69) is 15.6 Å². The van der Waals surface area contributed by atoms with E-state index >= 15 is 0 Å². The number of nitrogens with one attached hydrogen (secondary N) is 1. The first-order valence-corrected chi connectivity index (χ1v) is 6.28. The van der Waals surface area contributed by atoms with Gasteiger partial charge in [0.1, 0.15) is 6.54 Å². The maximum Gasteiger partial charge on any atom is 0.248 e. The molecule has 1 aliphatic rings. The maximum atomic E-state index is 11.6. The molecule has 2 rings (SSSR count). The third-order valence-electron chi connectivity index (χ3n) is 2.89. The van der Waals surface area contributed by atoms with Gasteiger partial charge in [-0.15, -0.1) is 5.10 Å². The zero-order valence-electron chi connectivity index (χ0n) is 10.9. The van der Waals surface area contributed by atoms with Crippen LogP contribution < -0.4 is 11.1 Å². The van der Waals surface area contributed by atoms with Crippen LogP contribution in [0.3, 0.4) is 0 Å². The van der Waals surface area contributed by atoms with Gasteiger partial charge in [0, 0.05) is 19.5 Å². The number of hydrogen-bond donors (Lipinski definition) is 2. The third kappa shape index (κ3) is 3.60. The second-order valence-electron chi connectivity index (χ2n) is 4.50. The lowest BCUT2D eigenvalue weighted by Crippen LogP contribution is -2.41. The zero-order chi connectivity index (χ0) is 14.5. The molecule has 1 aliphatic heterocycles. The van der Waals surface area contributed by atoms with Crippen LogP contribution in [0.5, 0.6) is 0 Å². The molecule has 1 aromatic heterocycles. The Bertz CT molecular complexity index is 526. The SMILES string of the molecule is NCc1cn(CC(=O)NC(=O)CN2CCCC2=O)nn1. The molecule has 3 N–H and O–H groups in total. The average Bonchev–Trinajstić information content (AvgIpc) is 2.99. The van der Waals surface area contributed by atoms with E-state index in [1.54, 1.807) is 0 Å². The Balaban J connectivity index is 1.78. The molecule has 0 spiro atoms. The molecule has 0 radical (unpaired) electrons. The summed E-state index contributed by atoms with van der Waals surface area (Å²) in [5.74, 6) is -1.06. The van der Waals surface area contributed by atoms with Crippen molar-refractivity contribution >= 4 is 17.7 Å². The van der Waals surface area contributed by atoms with Crippen molar-refractivity contribution in [2.45, 2.75) is 25.9 Å². The summed E-state index contributed by atoms with van der Waals surface area (Å²) >= 11 is 0. The van der Waals surface area contributed by atoms with Crippen LogP contribution in [0.2, 0.25) is 0 Å². The summed E-state index contributed by atoms with van der Waals surface area (Å²) in [5.41, 5.74) is 5.93. The minimum Gasteiger partial charge on any atom is -0.333 e. The van der Waals surface area contributed by atoms with Crippen molar-refractivity contribution in [1.82, 2.24) is 25.2 Å². The van der Waals surface area contributed by atoms with E-state index in [1.165, 1.54) is 15.8 Å². The smallest absolute Gasteiger partial charge is 0.248 e. The van der Waals surface area contributed by atoms with Gasteiger partial charge < -0.3 is 10.6 Å². The molecule has 2 heterocycles. The highest BCUT2D eigenvalue weighted by Gasteiger charge is 2.23. The number of nitrogens with zero attached hydrogens (tertiary/aromatic N) is 4. The molecule has 0 saturated carbocycles. The van der Waals surface area contributed by atoms with E-state index in [1.807, 2.05) is 0 Å². The molecule has 0 atom stereocenters. The first kappa shape index (κ1) is 14.1. The van der Waals surface area contributed by atoms with Gasteiger partial charge in [-0.25, -0.2) is 4.68 Å². The number of imide groups is 1. The molecule has 0 unspecified atom stereocenters. The summed E-state index contributed by atoms with van der Waals surface area (Å²) in [6.45, 7) is 0.587. The molecule has 108 valence electrons. The van der Waals surface area contributed by atoms with Gasteiger partial charge in [0.15, 0.2) is 0 Å². The number of hydrogen-bond acceptors (Lipinski definition) is 6. The Hall–Kier alpha value is -2.29. The van der Waals surface area contributed by atoms with Gasteiger partial charge in [-0.05, 0) is 6.42 Å². The van der Waals surface area contributed by atoms with Gasteiger partial charge in [0.2, 0.25) is 17.7 Å². The molecule has 3 amide bonds. The van der Waals surface area contributed by atoms with E-state index < -0.39 is 11.8 Å². The van der Waals surface area contributed by atoms with Gasteiger partial charge >= 0.3 is 0 Å². The largest absolute Gasteiger partial charge is 0.333 e. The third-order valence-corrected chi connectivity index (χ3v) is 2.89. The van der Waals surface area contributed by atoms with Gasteiger partial charge in [-0.3, -0.25) is 19.7 Å². The van der Waals surface area contributed by atoms with E-state index in [4.69, 9.17) is 5.73 Å². The number of carbonyl (C=O) groups excluding carboxylic acids is 3. The van der Waals surface area contributed by atoms with Gasteiger partial charge in [-0.1, -0.05) is 5.21 Å². The highest BCUT2D eigenvalue weighted by Crippen LogP contribution is 2.08. The van der Waals surface area contributed by atoms with Crippen molar-refractivity contribution in [3.63, 3.8) is 0 Å². The fraction of sp³-hybridized carbons (Fsp3) is 0.545. The minimum atomic E-state index is -0.505. The average molecular weight is 280 g/mol. The quantitative estimate of drug-likeness (QED) is 0.643. The predicted octanol–water partition coefficient (Wildman–Crippen LogP) is -2.00. The number of carbonyl (C=O) groups is 3. The van der Waals surface area contributed by atoms with Crippen molar-refractivity contribution in [3.8, 4) is 0 Å². The van der Waals surface area contributed by atoms with Crippen molar-refractivity contribution in [1.29, 1.82) is 0 Å². The molecule has 9 heteroatoms. The van der Waals surface area contributed by atoms with Crippen LogP contribution in [0.25, 0.3) is 0 Å². The van der Waals surface area contributed by atoms with Crippen LogP contribution in [-0.4, -0.2) is 50.7 Å². The molecular weight excluding hydrogens is 264 g/mol. The number of nitrogens with two attached hydrogens (primary N) is 1. The van der Waals surface area contributed by atoms with Crippen LogP contribution >= 0.6 is 0 Å². The Morgan fingerprint density at radius 3 is 2.70 bits per heavy atom. The summed E-state index contributed by atoms with van der Waals surface area (Å²) in [4.78, 5) is 36.0. The first-order chi connectivity index (χ1) is 9.58. The van der Waals surface area contributed by atoms with Crippen molar-refractivity contribution in [2.24, 2.45) is 5.73 Å². The number of aromatic nitrogens is 3. The second-order valence-corrected chi connectivity index (χ2v) is 4.50. The van der Waals surface area contributed by atoms with Crippen molar-refractivity contribution in [3.05, 3.63) is 11.9 Å². The van der Waals surface area contributed by atoms with Crippen LogP contribution in [0.4, 0.5) is 0 Å². The monoisotopic (exact) mass is 280 g/mol. The number of likely N-dealkylation sites (tertiary alicyclic amines) is 1. The highest BCUT2D eigenvalue weighted by molar-refractivity contribution is 5.97. The molecule has 1 saturated heterocycles. The minimum absolute atomic E-state index is 0.0588. The Morgan fingerprint density at radius 2 is 2.10 bits per heavy atom. The maximum absolute atomic E-state index is 11.6. The van der Waals surface area contributed by atoms with E-state index in [9.17, 15) is 14.4 Å². The van der Waals surface area contributed by atoms with Gasteiger partial charge in [0.25, 0.3) is 0 Å². The Morgan fingerprint density at radius 1 is 1.35 bits per heavy atom. The summed E-state index contributed by atoms with van der Waals surface area (Å²) in [5, 5.41) is 9.64. The van der Waals surface area contributed by atoms with Crippen LogP contribution in [0.1, 0.15) is 18.5 Å². The van der Waals surface area contributed by atoms with Gasteiger partial charge in [0.05, 0.1) is 18.4 Å². The topological polar surface area (TPSA) is 123 Å². The Kier molecular flexibility index (Phi) is 4.41. The lowest BCUT2D eigenvalue weighted by Gasteiger charge is -2.14. The van der Waals surface area contributed by atoms with Crippen LogP contribution in [0, 0.1) is 0 Å². The standard InChI is InChI=1S/C11H16N6O3/c12-4-8-5-17(15-14-8)7-10(19)13-9(18)6-16-3-1-2-11(16)20/h5H,1-4,6-7,12H2,(H,13,18,19). The molecule has 1 aromatic rings. The van der Waals surface area contributed by atoms with E-state index in [0.29, 0.717) is 18.7 Å². The fourth-order valence-electron chi connectivity index (χ4n) is 1.94. The molecular formula is C11H16N6O3. The number of amides is 3. The predicted molar refractivity (Wildman–Crippen MR) is 66.9 cm³/mol. The number of rotatable bonds is 5. The zero-order valence-corrected chi connectivity index (χ0v) is 10.9. The van der Waals surface area contributed by atoms with Crippen molar-refractivity contribution < 1.29 is 14.4 Å². The normalized spacial score (nSPS) is 14.7. The summed E-state index contributed by atoms with van der Waals surface area (Å²) in [6.07, 6.45) is 2.75. The fourth-order valence-corrected chi connectivity index (χ4v) is 1.94. The second kappa shape index (κ2) is 6.24. The van der Waals surface area contributed by atoms with Crippen molar-refractivity contribution in [2.75, 3.05) is 13.1 Å². The first-order valence-electron chi connectivity index (χ1n) is 6.28. The summed E-state index contributed by atoms with van der Waals surface area (Å²) < 4.78 is 1.30. The molecule has 0 bridgehead atoms. The molecule has 0 aliphatic carbocycles. The summed E-state index contributed by atoms with van der Waals surface area (Å²) in [7, 11) is 0. The van der Waals surface area contributed by atoms with E-state index in [-0.39, 0.29) is 25.5 Å². The molecule has 9 nitrogen and oxygen atoms in total. The molecule has 0 aromatic carbocycles. The Labute approximate surface area is 115 Å². The molecule has 20 heavy (non-hydrogen) atoms. The summed E-state index contributed by atoms with van der Waals surface area (Å²) in [6, 6.07) is 0. The van der Waals surface area contributed by atoms with E-state index in [0.717, 1.165) is 6.42 Å². The van der Waals surface area contributed by atoms with Gasteiger partial charge in [-0.2, -0.15) is 0 Å².